The van der Waals surface area contributed by atoms with E-state index in [4.69, 9.17) is 4.74 Å². The van der Waals surface area contributed by atoms with Gasteiger partial charge in [-0.15, -0.1) is 11.3 Å². The number of hydrogen-bond acceptors (Lipinski definition) is 5. The summed E-state index contributed by atoms with van der Waals surface area (Å²) in [6.45, 7) is 4.54. The van der Waals surface area contributed by atoms with E-state index >= 15 is 0 Å². The van der Waals surface area contributed by atoms with E-state index in [9.17, 15) is 0 Å². The number of aromatic nitrogens is 1. The number of thiophene rings is 1. The van der Waals surface area contributed by atoms with E-state index in [2.05, 4.69) is 40.8 Å². The molecule has 0 amide bonds. The lowest BCUT2D eigenvalue weighted by atomic mass is 10.2. The van der Waals surface area contributed by atoms with Crippen molar-refractivity contribution in [3.63, 3.8) is 0 Å². The average Bonchev–Trinajstić information content (AvgIpc) is 2.91. The molecule has 1 N–H and O–H groups in total. The molecular formula is C14H18N2OS2. The van der Waals surface area contributed by atoms with Crippen molar-refractivity contribution in [1.29, 1.82) is 0 Å². The van der Waals surface area contributed by atoms with E-state index in [1.54, 1.807) is 30.2 Å². The third kappa shape index (κ3) is 4.62. The number of ether oxygens (including phenoxy) is 1. The predicted molar refractivity (Wildman–Crippen MR) is 81.0 cm³/mol. The molecule has 3 nitrogen and oxygen atoms in total. The maximum atomic E-state index is 5.00. The molecule has 0 spiro atoms. The van der Waals surface area contributed by atoms with Crippen LogP contribution in [0.3, 0.4) is 0 Å². The first kappa shape index (κ1) is 14.5. The molecule has 2 heterocycles. The molecule has 0 atom stereocenters. The van der Waals surface area contributed by atoms with Crippen LogP contribution in [-0.4, -0.2) is 25.2 Å². The van der Waals surface area contributed by atoms with Crippen LogP contribution in [0, 0.1) is 6.92 Å². The molecule has 0 aromatic carbocycles. The standard InChI is InChI=1S/C14H18N2OS2/c1-11-8-12(9-15-5-6-17-2)10-16-14(11)19-13-4-3-7-18-13/h3-4,7-8,10,15H,5-6,9H2,1-2H3. The Bertz CT molecular complexity index is 500. The average molecular weight is 294 g/mol. The minimum atomic E-state index is 0.735. The molecule has 0 aliphatic rings. The van der Waals surface area contributed by atoms with Crippen molar-refractivity contribution in [2.75, 3.05) is 20.3 Å². The number of nitrogens with zero attached hydrogens (tertiary/aromatic N) is 1. The fraction of sp³-hybridized carbons (Fsp3) is 0.357. The summed E-state index contributed by atoms with van der Waals surface area (Å²) in [5.74, 6) is 0. The van der Waals surface area contributed by atoms with Crippen LogP contribution in [0.4, 0.5) is 0 Å². The lowest BCUT2D eigenvalue weighted by Crippen LogP contribution is -2.18. The molecular weight excluding hydrogens is 276 g/mol. The van der Waals surface area contributed by atoms with Gasteiger partial charge in [-0.3, -0.25) is 0 Å². The van der Waals surface area contributed by atoms with E-state index in [1.165, 1.54) is 15.3 Å². The van der Waals surface area contributed by atoms with E-state index < -0.39 is 0 Å². The number of pyridine rings is 1. The van der Waals surface area contributed by atoms with E-state index in [-0.39, 0.29) is 0 Å². The molecule has 19 heavy (non-hydrogen) atoms. The van der Waals surface area contributed by atoms with Gasteiger partial charge in [0.1, 0.15) is 5.03 Å². The normalized spacial score (nSPS) is 10.8. The zero-order valence-corrected chi connectivity index (χ0v) is 12.8. The first-order chi connectivity index (χ1) is 9.29. The van der Waals surface area contributed by atoms with Crippen molar-refractivity contribution in [3.05, 3.63) is 40.9 Å². The summed E-state index contributed by atoms with van der Waals surface area (Å²) >= 11 is 3.48. The summed E-state index contributed by atoms with van der Waals surface area (Å²) in [5.41, 5.74) is 2.44. The van der Waals surface area contributed by atoms with Gasteiger partial charge in [-0.25, -0.2) is 4.98 Å². The lowest BCUT2D eigenvalue weighted by molar-refractivity contribution is 0.199. The van der Waals surface area contributed by atoms with E-state index in [1.807, 2.05) is 6.20 Å². The highest BCUT2D eigenvalue weighted by molar-refractivity contribution is 8.01. The number of aryl methyl sites for hydroxylation is 1. The van der Waals surface area contributed by atoms with Crippen LogP contribution in [0.1, 0.15) is 11.1 Å². The summed E-state index contributed by atoms with van der Waals surface area (Å²) in [4.78, 5) is 4.55. The van der Waals surface area contributed by atoms with Gasteiger partial charge in [0, 0.05) is 26.4 Å². The van der Waals surface area contributed by atoms with Crippen molar-refractivity contribution in [2.45, 2.75) is 22.7 Å². The molecule has 2 aromatic heterocycles. The van der Waals surface area contributed by atoms with Crippen LogP contribution < -0.4 is 5.32 Å². The third-order valence-corrected chi connectivity index (χ3v) is 4.75. The van der Waals surface area contributed by atoms with Crippen LogP contribution in [0.5, 0.6) is 0 Å². The fourth-order valence-electron chi connectivity index (χ4n) is 1.65. The van der Waals surface area contributed by atoms with Gasteiger partial charge < -0.3 is 10.1 Å². The Morgan fingerprint density at radius 1 is 1.47 bits per heavy atom. The SMILES string of the molecule is COCCNCc1cnc(Sc2cccs2)c(C)c1. The highest BCUT2D eigenvalue weighted by Crippen LogP contribution is 2.31. The van der Waals surface area contributed by atoms with Crippen LogP contribution in [0.2, 0.25) is 0 Å². The van der Waals surface area contributed by atoms with Gasteiger partial charge >= 0.3 is 0 Å². The Labute approximate surface area is 122 Å². The van der Waals surface area contributed by atoms with Crippen LogP contribution >= 0.6 is 23.1 Å². The monoisotopic (exact) mass is 294 g/mol. The highest BCUT2D eigenvalue weighted by Gasteiger charge is 2.05. The molecule has 0 radical (unpaired) electrons. The number of hydrogen-bond donors (Lipinski definition) is 1. The molecule has 0 saturated carbocycles. The van der Waals surface area contributed by atoms with Gasteiger partial charge in [-0.05, 0) is 29.5 Å². The number of methoxy groups -OCH3 is 1. The molecule has 0 aliphatic heterocycles. The predicted octanol–water partition coefficient (Wildman–Crippen LogP) is 3.34. The minimum Gasteiger partial charge on any atom is -0.383 e. The van der Waals surface area contributed by atoms with Gasteiger partial charge in [0.05, 0.1) is 10.8 Å². The van der Waals surface area contributed by atoms with Crippen molar-refractivity contribution in [3.8, 4) is 0 Å². The molecule has 2 rings (SSSR count). The van der Waals surface area contributed by atoms with Crippen LogP contribution in [0.15, 0.2) is 39.0 Å². The van der Waals surface area contributed by atoms with E-state index in [0.29, 0.717) is 0 Å². The van der Waals surface area contributed by atoms with Crippen LogP contribution in [0.25, 0.3) is 0 Å². The molecule has 5 heteroatoms. The summed E-state index contributed by atoms with van der Waals surface area (Å²) in [6, 6.07) is 6.38. The second-order valence-electron chi connectivity index (χ2n) is 4.17. The Morgan fingerprint density at radius 3 is 3.05 bits per heavy atom. The molecule has 0 fully saturated rings. The van der Waals surface area contributed by atoms with Crippen molar-refractivity contribution >= 4 is 23.1 Å². The smallest absolute Gasteiger partial charge is 0.104 e. The van der Waals surface area contributed by atoms with Crippen molar-refractivity contribution < 1.29 is 4.74 Å². The molecule has 0 saturated heterocycles. The Morgan fingerprint density at radius 2 is 2.37 bits per heavy atom. The second kappa shape index (κ2) is 7.65. The molecule has 102 valence electrons. The zero-order valence-electron chi connectivity index (χ0n) is 11.2. The van der Waals surface area contributed by atoms with Gasteiger partial charge in [0.2, 0.25) is 0 Å². The molecule has 2 aromatic rings. The van der Waals surface area contributed by atoms with Crippen molar-refractivity contribution in [1.82, 2.24) is 10.3 Å². The highest BCUT2D eigenvalue weighted by atomic mass is 32.2. The second-order valence-corrected chi connectivity index (χ2v) is 6.41. The zero-order chi connectivity index (χ0) is 13.5. The summed E-state index contributed by atoms with van der Waals surface area (Å²) in [7, 11) is 1.71. The van der Waals surface area contributed by atoms with Gasteiger partial charge in [-0.1, -0.05) is 23.9 Å². The third-order valence-electron chi connectivity index (χ3n) is 2.59. The Hall–Kier alpha value is -0.880. The number of nitrogens with one attached hydrogen (secondary N) is 1. The maximum Gasteiger partial charge on any atom is 0.104 e. The van der Waals surface area contributed by atoms with Gasteiger partial charge in [0.15, 0.2) is 0 Å². The Balaban J connectivity index is 1.93. The van der Waals surface area contributed by atoms with Crippen molar-refractivity contribution in [2.24, 2.45) is 0 Å². The molecule has 0 aliphatic carbocycles. The minimum absolute atomic E-state index is 0.735. The topological polar surface area (TPSA) is 34.1 Å². The van der Waals surface area contributed by atoms with E-state index in [0.717, 1.165) is 24.7 Å². The lowest BCUT2D eigenvalue weighted by Gasteiger charge is -2.07. The van der Waals surface area contributed by atoms with Gasteiger partial charge in [0.25, 0.3) is 0 Å². The summed E-state index contributed by atoms with van der Waals surface area (Å²) in [5, 5.41) is 6.50. The first-order valence-electron chi connectivity index (χ1n) is 6.16. The van der Waals surface area contributed by atoms with Crippen LogP contribution in [-0.2, 0) is 11.3 Å². The Kier molecular flexibility index (Phi) is 5.85. The maximum absolute atomic E-state index is 5.00. The largest absolute Gasteiger partial charge is 0.383 e. The summed E-state index contributed by atoms with van der Waals surface area (Å²) < 4.78 is 6.28. The molecule has 0 unspecified atom stereocenters. The van der Waals surface area contributed by atoms with Gasteiger partial charge in [-0.2, -0.15) is 0 Å². The summed E-state index contributed by atoms with van der Waals surface area (Å²) in [6.07, 6.45) is 1.95. The first-order valence-corrected chi connectivity index (χ1v) is 7.85. The quantitative estimate of drug-likeness (QED) is 0.794. The fourth-order valence-corrected chi connectivity index (χ4v) is 3.35. The molecule has 0 bridgehead atoms. The number of rotatable bonds is 7.